The number of anilines is 1. The SMILES string of the molecule is N#Cc1ccc(NCC2CC=CCC2)nc1. The van der Waals surface area contributed by atoms with Gasteiger partial charge >= 0.3 is 0 Å². The van der Waals surface area contributed by atoms with Crippen LogP contribution in [0.1, 0.15) is 24.8 Å². The zero-order valence-electron chi connectivity index (χ0n) is 9.19. The Labute approximate surface area is 95.8 Å². The van der Waals surface area contributed by atoms with Crippen molar-refractivity contribution in [2.24, 2.45) is 5.92 Å². The Morgan fingerprint density at radius 3 is 3.00 bits per heavy atom. The summed E-state index contributed by atoms with van der Waals surface area (Å²) in [7, 11) is 0. The fourth-order valence-electron chi connectivity index (χ4n) is 1.86. The van der Waals surface area contributed by atoms with Gasteiger partial charge in [-0.05, 0) is 37.3 Å². The number of nitriles is 1. The summed E-state index contributed by atoms with van der Waals surface area (Å²) in [5.41, 5.74) is 0.603. The van der Waals surface area contributed by atoms with E-state index in [1.807, 2.05) is 6.07 Å². The molecule has 0 saturated heterocycles. The van der Waals surface area contributed by atoms with Crippen molar-refractivity contribution >= 4 is 5.82 Å². The van der Waals surface area contributed by atoms with Gasteiger partial charge in [0.1, 0.15) is 11.9 Å². The minimum atomic E-state index is 0.603. The van der Waals surface area contributed by atoms with E-state index < -0.39 is 0 Å². The summed E-state index contributed by atoms with van der Waals surface area (Å²) in [6.07, 6.45) is 9.69. The van der Waals surface area contributed by atoms with Crippen LogP contribution in [0.15, 0.2) is 30.5 Å². The summed E-state index contributed by atoms with van der Waals surface area (Å²) in [6.45, 7) is 0.962. The van der Waals surface area contributed by atoms with E-state index in [1.54, 1.807) is 12.3 Å². The lowest BCUT2D eigenvalue weighted by atomic mass is 9.94. The van der Waals surface area contributed by atoms with Crippen molar-refractivity contribution in [3.8, 4) is 6.07 Å². The average Bonchev–Trinajstić information content (AvgIpc) is 2.38. The Balaban J connectivity index is 1.85. The Morgan fingerprint density at radius 1 is 1.44 bits per heavy atom. The maximum absolute atomic E-state index is 8.64. The first-order valence-electron chi connectivity index (χ1n) is 5.63. The van der Waals surface area contributed by atoms with E-state index in [0.29, 0.717) is 11.5 Å². The fourth-order valence-corrected chi connectivity index (χ4v) is 1.86. The highest BCUT2D eigenvalue weighted by molar-refractivity contribution is 5.38. The molecule has 0 spiro atoms. The summed E-state index contributed by atoms with van der Waals surface area (Å²) >= 11 is 0. The van der Waals surface area contributed by atoms with E-state index in [9.17, 15) is 0 Å². The quantitative estimate of drug-likeness (QED) is 0.785. The Morgan fingerprint density at radius 2 is 2.38 bits per heavy atom. The van der Waals surface area contributed by atoms with E-state index in [1.165, 1.54) is 12.8 Å². The number of hydrogen-bond donors (Lipinski definition) is 1. The van der Waals surface area contributed by atoms with Gasteiger partial charge in [0.25, 0.3) is 0 Å². The van der Waals surface area contributed by atoms with Crippen LogP contribution in [-0.4, -0.2) is 11.5 Å². The Hall–Kier alpha value is -1.82. The highest BCUT2D eigenvalue weighted by Crippen LogP contribution is 2.18. The summed E-state index contributed by atoms with van der Waals surface area (Å²) in [4.78, 5) is 4.18. The molecule has 0 bridgehead atoms. The molecule has 1 aliphatic rings. The second-order valence-corrected chi connectivity index (χ2v) is 4.08. The highest BCUT2D eigenvalue weighted by atomic mass is 15.0. The number of aromatic nitrogens is 1. The lowest BCUT2D eigenvalue weighted by Gasteiger charge is -2.18. The molecule has 1 heterocycles. The van der Waals surface area contributed by atoms with Crippen molar-refractivity contribution in [2.45, 2.75) is 19.3 Å². The third-order valence-corrected chi connectivity index (χ3v) is 2.84. The molecule has 3 heteroatoms. The fraction of sp³-hybridized carbons (Fsp3) is 0.385. The molecule has 0 aromatic carbocycles. The first kappa shape index (κ1) is 10.7. The van der Waals surface area contributed by atoms with Crippen LogP contribution in [0.25, 0.3) is 0 Å². The minimum Gasteiger partial charge on any atom is -0.370 e. The molecule has 1 aliphatic carbocycles. The van der Waals surface area contributed by atoms with Crippen LogP contribution >= 0.6 is 0 Å². The van der Waals surface area contributed by atoms with Crippen molar-refractivity contribution in [1.82, 2.24) is 4.98 Å². The smallest absolute Gasteiger partial charge is 0.125 e. The van der Waals surface area contributed by atoms with Crippen LogP contribution in [0, 0.1) is 17.2 Å². The van der Waals surface area contributed by atoms with E-state index in [0.717, 1.165) is 18.8 Å². The molecule has 0 amide bonds. The van der Waals surface area contributed by atoms with Crippen LogP contribution < -0.4 is 5.32 Å². The molecule has 82 valence electrons. The summed E-state index contributed by atoms with van der Waals surface area (Å²) < 4.78 is 0. The summed E-state index contributed by atoms with van der Waals surface area (Å²) in [5, 5.41) is 12.0. The second-order valence-electron chi connectivity index (χ2n) is 4.08. The average molecular weight is 213 g/mol. The van der Waals surface area contributed by atoms with Crippen molar-refractivity contribution in [2.75, 3.05) is 11.9 Å². The first-order chi connectivity index (χ1) is 7.88. The van der Waals surface area contributed by atoms with Gasteiger partial charge in [0.15, 0.2) is 0 Å². The lowest BCUT2D eigenvalue weighted by Crippen LogP contribution is -2.15. The van der Waals surface area contributed by atoms with Gasteiger partial charge in [-0.15, -0.1) is 0 Å². The molecule has 1 N–H and O–H groups in total. The number of nitrogens with zero attached hydrogens (tertiary/aromatic N) is 2. The second kappa shape index (κ2) is 5.32. The number of rotatable bonds is 3. The van der Waals surface area contributed by atoms with Crippen molar-refractivity contribution in [3.63, 3.8) is 0 Å². The minimum absolute atomic E-state index is 0.603. The molecular weight excluding hydrogens is 198 g/mol. The molecule has 1 aromatic rings. The maximum Gasteiger partial charge on any atom is 0.125 e. The highest BCUT2D eigenvalue weighted by Gasteiger charge is 2.09. The number of pyridine rings is 1. The predicted molar refractivity (Wildman–Crippen MR) is 63.9 cm³/mol. The van der Waals surface area contributed by atoms with Gasteiger partial charge in [-0.2, -0.15) is 5.26 Å². The van der Waals surface area contributed by atoms with Crippen molar-refractivity contribution in [1.29, 1.82) is 5.26 Å². The van der Waals surface area contributed by atoms with Crippen molar-refractivity contribution < 1.29 is 0 Å². The van der Waals surface area contributed by atoms with Gasteiger partial charge in [0, 0.05) is 12.7 Å². The van der Waals surface area contributed by atoms with E-state index in [-0.39, 0.29) is 0 Å². The van der Waals surface area contributed by atoms with Crippen LogP contribution in [0.4, 0.5) is 5.82 Å². The lowest BCUT2D eigenvalue weighted by molar-refractivity contribution is 0.503. The molecule has 1 atom stereocenters. The Kier molecular flexibility index (Phi) is 3.55. The first-order valence-corrected chi connectivity index (χ1v) is 5.63. The van der Waals surface area contributed by atoms with Crippen LogP contribution in [0.5, 0.6) is 0 Å². The third kappa shape index (κ3) is 2.83. The van der Waals surface area contributed by atoms with Crippen molar-refractivity contribution in [3.05, 3.63) is 36.0 Å². The van der Waals surface area contributed by atoms with Crippen LogP contribution in [-0.2, 0) is 0 Å². The van der Waals surface area contributed by atoms with E-state index >= 15 is 0 Å². The molecule has 0 fully saturated rings. The largest absolute Gasteiger partial charge is 0.370 e. The molecule has 1 aromatic heterocycles. The molecule has 0 radical (unpaired) electrons. The van der Waals surface area contributed by atoms with E-state index in [4.69, 9.17) is 5.26 Å². The Bertz CT molecular complexity index is 400. The standard InChI is InChI=1S/C13H15N3/c14-8-12-6-7-13(16-10-12)15-9-11-4-2-1-3-5-11/h1-2,6-7,10-11H,3-5,9H2,(H,15,16). The molecule has 16 heavy (non-hydrogen) atoms. The predicted octanol–water partition coefficient (Wildman–Crippen LogP) is 2.72. The van der Waals surface area contributed by atoms with Gasteiger partial charge in [0.2, 0.25) is 0 Å². The molecular formula is C13H15N3. The van der Waals surface area contributed by atoms with Crippen LogP contribution in [0.3, 0.4) is 0 Å². The zero-order chi connectivity index (χ0) is 11.2. The molecule has 1 unspecified atom stereocenters. The molecule has 2 rings (SSSR count). The van der Waals surface area contributed by atoms with Crippen LogP contribution in [0.2, 0.25) is 0 Å². The summed E-state index contributed by atoms with van der Waals surface area (Å²) in [6, 6.07) is 5.71. The summed E-state index contributed by atoms with van der Waals surface area (Å²) in [5.74, 6) is 1.57. The molecule has 0 saturated carbocycles. The topological polar surface area (TPSA) is 48.7 Å². The third-order valence-electron chi connectivity index (χ3n) is 2.84. The van der Waals surface area contributed by atoms with Gasteiger partial charge in [0.05, 0.1) is 5.56 Å². The number of hydrogen-bond acceptors (Lipinski definition) is 3. The monoisotopic (exact) mass is 213 g/mol. The van der Waals surface area contributed by atoms with Gasteiger partial charge in [-0.1, -0.05) is 12.2 Å². The number of nitrogens with one attached hydrogen (secondary N) is 1. The maximum atomic E-state index is 8.64. The van der Waals surface area contributed by atoms with Gasteiger partial charge in [-0.25, -0.2) is 4.98 Å². The van der Waals surface area contributed by atoms with Gasteiger partial charge in [-0.3, -0.25) is 0 Å². The zero-order valence-corrected chi connectivity index (χ0v) is 9.19. The number of allylic oxidation sites excluding steroid dienone is 2. The van der Waals surface area contributed by atoms with E-state index in [2.05, 4.69) is 28.5 Å². The molecule has 3 nitrogen and oxygen atoms in total. The molecule has 0 aliphatic heterocycles. The van der Waals surface area contributed by atoms with Gasteiger partial charge < -0.3 is 5.32 Å². The normalized spacial score (nSPS) is 19.1.